The molecule has 106 valence electrons. The standard InChI is InChI=1S/C13H18ClNO3S/c1-10(2)3-8-13(16)15-9-11-4-6-12(7-5-11)19(14,17)18/h4-7,10H,3,8-9H2,1-2H3,(H,15,16). The summed E-state index contributed by atoms with van der Waals surface area (Å²) < 4.78 is 22.1. The smallest absolute Gasteiger partial charge is 0.261 e. The number of carbonyl (C=O) groups excluding carboxylic acids is 1. The average Bonchev–Trinajstić information content (AvgIpc) is 2.33. The number of hydrogen-bond acceptors (Lipinski definition) is 3. The van der Waals surface area contributed by atoms with E-state index in [1.165, 1.54) is 12.1 Å². The lowest BCUT2D eigenvalue weighted by Gasteiger charge is -2.07. The highest BCUT2D eigenvalue weighted by Crippen LogP contribution is 2.15. The molecule has 19 heavy (non-hydrogen) atoms. The molecule has 0 bridgehead atoms. The number of carbonyl (C=O) groups is 1. The van der Waals surface area contributed by atoms with Crippen molar-refractivity contribution in [2.45, 2.75) is 38.1 Å². The van der Waals surface area contributed by atoms with Gasteiger partial charge in [-0.2, -0.15) is 0 Å². The van der Waals surface area contributed by atoms with E-state index in [9.17, 15) is 13.2 Å². The first kappa shape index (κ1) is 16.0. The van der Waals surface area contributed by atoms with Crippen molar-refractivity contribution in [2.24, 2.45) is 5.92 Å². The van der Waals surface area contributed by atoms with Gasteiger partial charge in [0, 0.05) is 23.6 Å². The SMILES string of the molecule is CC(C)CCC(=O)NCc1ccc(S(=O)(=O)Cl)cc1. The summed E-state index contributed by atoms with van der Waals surface area (Å²) >= 11 is 0. The van der Waals surface area contributed by atoms with Gasteiger partial charge in [-0.3, -0.25) is 4.79 Å². The molecule has 0 spiro atoms. The molecule has 6 heteroatoms. The van der Waals surface area contributed by atoms with E-state index < -0.39 is 9.05 Å². The summed E-state index contributed by atoms with van der Waals surface area (Å²) in [5, 5.41) is 2.79. The molecule has 0 aliphatic rings. The molecule has 0 unspecified atom stereocenters. The number of hydrogen-bond donors (Lipinski definition) is 1. The fraction of sp³-hybridized carbons (Fsp3) is 0.462. The second kappa shape index (κ2) is 6.91. The maximum absolute atomic E-state index is 11.5. The third kappa shape index (κ3) is 6.07. The number of nitrogens with one attached hydrogen (secondary N) is 1. The zero-order valence-electron chi connectivity index (χ0n) is 11.0. The maximum Gasteiger partial charge on any atom is 0.261 e. The Kier molecular flexibility index (Phi) is 5.82. The second-order valence-electron chi connectivity index (χ2n) is 4.79. The Bertz CT molecular complexity index is 523. The molecule has 1 aromatic carbocycles. The molecule has 0 saturated heterocycles. The Balaban J connectivity index is 2.48. The molecule has 0 saturated carbocycles. The summed E-state index contributed by atoms with van der Waals surface area (Å²) in [6.45, 7) is 4.52. The summed E-state index contributed by atoms with van der Waals surface area (Å²) in [6.07, 6.45) is 1.36. The predicted octanol–water partition coefficient (Wildman–Crippen LogP) is 2.67. The highest BCUT2D eigenvalue weighted by molar-refractivity contribution is 8.13. The van der Waals surface area contributed by atoms with Gasteiger partial charge < -0.3 is 5.32 Å². The van der Waals surface area contributed by atoms with Crippen LogP contribution in [0.15, 0.2) is 29.2 Å². The van der Waals surface area contributed by atoms with Gasteiger partial charge in [-0.15, -0.1) is 0 Å². The molecule has 0 fully saturated rings. The Morgan fingerprint density at radius 1 is 1.26 bits per heavy atom. The van der Waals surface area contributed by atoms with Gasteiger partial charge in [-0.05, 0) is 30.0 Å². The van der Waals surface area contributed by atoms with Gasteiger partial charge in [0.05, 0.1) is 4.90 Å². The van der Waals surface area contributed by atoms with E-state index in [4.69, 9.17) is 10.7 Å². The zero-order valence-corrected chi connectivity index (χ0v) is 12.6. The van der Waals surface area contributed by atoms with Gasteiger partial charge in [0.2, 0.25) is 5.91 Å². The highest BCUT2D eigenvalue weighted by Gasteiger charge is 2.09. The van der Waals surface area contributed by atoms with Crippen LogP contribution in [0.1, 0.15) is 32.3 Å². The van der Waals surface area contributed by atoms with Crippen LogP contribution in [0.2, 0.25) is 0 Å². The summed E-state index contributed by atoms with van der Waals surface area (Å²) in [5.74, 6) is 0.502. The predicted molar refractivity (Wildman–Crippen MR) is 75.4 cm³/mol. The van der Waals surface area contributed by atoms with Crippen LogP contribution >= 0.6 is 10.7 Å². The molecule has 4 nitrogen and oxygen atoms in total. The van der Waals surface area contributed by atoms with E-state index in [1.807, 2.05) is 0 Å². The van der Waals surface area contributed by atoms with Crippen molar-refractivity contribution < 1.29 is 13.2 Å². The van der Waals surface area contributed by atoms with Crippen molar-refractivity contribution in [1.82, 2.24) is 5.32 Å². The summed E-state index contributed by atoms with van der Waals surface area (Å²) in [5.41, 5.74) is 0.835. The molecule has 1 rings (SSSR count). The molecule has 0 aliphatic carbocycles. The van der Waals surface area contributed by atoms with E-state index in [2.05, 4.69) is 19.2 Å². The average molecular weight is 304 g/mol. The zero-order chi connectivity index (χ0) is 14.5. The van der Waals surface area contributed by atoms with E-state index in [0.29, 0.717) is 18.9 Å². The lowest BCUT2D eigenvalue weighted by atomic mass is 10.1. The number of halogens is 1. The summed E-state index contributed by atoms with van der Waals surface area (Å²) in [6, 6.07) is 6.13. The molecule has 1 amide bonds. The van der Waals surface area contributed by atoms with Crippen LogP contribution in [0, 0.1) is 5.92 Å². The normalized spacial score (nSPS) is 11.6. The number of amides is 1. The van der Waals surface area contributed by atoms with Crippen LogP contribution in [0.25, 0.3) is 0 Å². The van der Waals surface area contributed by atoms with Crippen molar-refractivity contribution >= 4 is 25.6 Å². The van der Waals surface area contributed by atoms with Gasteiger partial charge in [0.15, 0.2) is 0 Å². The molecule has 0 atom stereocenters. The van der Waals surface area contributed by atoms with E-state index in [1.54, 1.807) is 12.1 Å². The van der Waals surface area contributed by atoms with Crippen molar-refractivity contribution in [1.29, 1.82) is 0 Å². The van der Waals surface area contributed by atoms with Crippen LogP contribution in [0.4, 0.5) is 0 Å². The van der Waals surface area contributed by atoms with E-state index in [0.717, 1.165) is 12.0 Å². The highest BCUT2D eigenvalue weighted by atomic mass is 35.7. The molecule has 0 aliphatic heterocycles. The second-order valence-corrected chi connectivity index (χ2v) is 7.36. The van der Waals surface area contributed by atoms with Crippen LogP contribution in [-0.2, 0) is 20.4 Å². The Hall–Kier alpha value is -1.07. The first-order valence-corrected chi connectivity index (χ1v) is 8.40. The largest absolute Gasteiger partial charge is 0.352 e. The number of rotatable bonds is 6. The molecule has 1 aromatic rings. The van der Waals surface area contributed by atoms with Gasteiger partial charge in [0.25, 0.3) is 9.05 Å². The van der Waals surface area contributed by atoms with Gasteiger partial charge in [0.1, 0.15) is 0 Å². The van der Waals surface area contributed by atoms with Gasteiger partial charge in [-0.1, -0.05) is 26.0 Å². The quantitative estimate of drug-likeness (QED) is 0.822. The van der Waals surface area contributed by atoms with Crippen molar-refractivity contribution in [3.05, 3.63) is 29.8 Å². The third-order valence-electron chi connectivity index (χ3n) is 2.64. The van der Waals surface area contributed by atoms with Crippen LogP contribution in [0.3, 0.4) is 0 Å². The molecular weight excluding hydrogens is 286 g/mol. The minimum absolute atomic E-state index is 0.00254. The van der Waals surface area contributed by atoms with Crippen LogP contribution < -0.4 is 5.32 Å². The number of benzene rings is 1. The summed E-state index contributed by atoms with van der Waals surface area (Å²) in [4.78, 5) is 11.6. The first-order chi connectivity index (χ1) is 8.79. The molecule has 1 N–H and O–H groups in total. The minimum atomic E-state index is -3.68. The Morgan fingerprint density at radius 3 is 2.32 bits per heavy atom. The molecule has 0 radical (unpaired) electrons. The maximum atomic E-state index is 11.5. The van der Waals surface area contributed by atoms with E-state index in [-0.39, 0.29) is 10.8 Å². The van der Waals surface area contributed by atoms with E-state index >= 15 is 0 Å². The lowest BCUT2D eigenvalue weighted by molar-refractivity contribution is -0.121. The van der Waals surface area contributed by atoms with Crippen LogP contribution in [0.5, 0.6) is 0 Å². The minimum Gasteiger partial charge on any atom is -0.352 e. The lowest BCUT2D eigenvalue weighted by Crippen LogP contribution is -2.22. The Labute approximate surface area is 118 Å². The molecular formula is C13H18ClNO3S. The first-order valence-electron chi connectivity index (χ1n) is 6.09. The molecule has 0 heterocycles. The third-order valence-corrected chi connectivity index (χ3v) is 4.01. The fourth-order valence-corrected chi connectivity index (χ4v) is 2.25. The Morgan fingerprint density at radius 2 is 1.84 bits per heavy atom. The van der Waals surface area contributed by atoms with Crippen molar-refractivity contribution in [2.75, 3.05) is 0 Å². The molecule has 0 aromatic heterocycles. The van der Waals surface area contributed by atoms with Gasteiger partial charge >= 0.3 is 0 Å². The van der Waals surface area contributed by atoms with Crippen molar-refractivity contribution in [3.63, 3.8) is 0 Å². The topological polar surface area (TPSA) is 63.2 Å². The van der Waals surface area contributed by atoms with Gasteiger partial charge in [-0.25, -0.2) is 8.42 Å². The van der Waals surface area contributed by atoms with Crippen LogP contribution in [-0.4, -0.2) is 14.3 Å². The van der Waals surface area contributed by atoms with Crippen molar-refractivity contribution in [3.8, 4) is 0 Å². The monoisotopic (exact) mass is 303 g/mol. The fourth-order valence-electron chi connectivity index (χ4n) is 1.48. The summed E-state index contributed by atoms with van der Waals surface area (Å²) in [7, 11) is 1.53.